The Morgan fingerprint density at radius 2 is 1.91 bits per heavy atom. The molecule has 0 radical (unpaired) electrons. The molecule has 1 fully saturated rings. The van der Waals surface area contributed by atoms with Gasteiger partial charge in [0, 0.05) is 13.0 Å². The van der Waals surface area contributed by atoms with Crippen molar-refractivity contribution in [2.24, 2.45) is 5.41 Å². The molecule has 2 aromatic rings. The van der Waals surface area contributed by atoms with Gasteiger partial charge in [0.05, 0.1) is 34.3 Å². The number of hydrogen-bond donors (Lipinski definition) is 3. The lowest BCUT2D eigenvalue weighted by atomic mass is 9.86. The first-order valence-corrected chi connectivity index (χ1v) is 11.9. The molecule has 1 aliphatic rings. The Bertz CT molecular complexity index is 951. The van der Waals surface area contributed by atoms with Crippen LogP contribution >= 0.6 is 11.3 Å². The number of β-amino-alcohol motifs (C(OH)–C–C–N with tert-alkyl or cyclic N) is 1. The zero-order chi connectivity index (χ0) is 23.6. The number of nitrogens with zero attached hydrogens (tertiary/aromatic N) is 2. The van der Waals surface area contributed by atoms with Crippen molar-refractivity contribution in [1.29, 1.82) is 0 Å². The van der Waals surface area contributed by atoms with E-state index < -0.39 is 18.2 Å². The minimum Gasteiger partial charge on any atom is -0.391 e. The summed E-state index contributed by atoms with van der Waals surface area (Å²) in [6, 6.07) is 6.73. The van der Waals surface area contributed by atoms with Gasteiger partial charge in [-0.3, -0.25) is 9.59 Å². The normalized spacial score (nSPS) is 20.8. The van der Waals surface area contributed by atoms with Crippen LogP contribution in [0.2, 0.25) is 0 Å². The standard InChI is InChI=1S/C24H34N4O3S/c1-14(16-7-9-17(10-8-16)20-15(2)26-13-32-20)27-22(30)19-11-18(29)12-28(19)23(31)21(25-6)24(3,4)5/h7-10,13-14,18-19,21,25,29H,11-12H2,1-6H3,(H,27,30). The molecule has 1 saturated heterocycles. The predicted octanol–water partition coefficient (Wildman–Crippen LogP) is 2.89. The van der Waals surface area contributed by atoms with Crippen LogP contribution in [0.3, 0.4) is 0 Å². The van der Waals surface area contributed by atoms with Crippen molar-refractivity contribution in [2.45, 2.75) is 65.3 Å². The van der Waals surface area contributed by atoms with Crippen molar-refractivity contribution in [3.05, 3.63) is 41.0 Å². The summed E-state index contributed by atoms with van der Waals surface area (Å²) in [6.45, 7) is 10.0. The molecule has 3 N–H and O–H groups in total. The fraction of sp³-hybridized carbons (Fsp3) is 0.542. The van der Waals surface area contributed by atoms with Crippen LogP contribution in [0.5, 0.6) is 0 Å². The minimum atomic E-state index is -0.704. The van der Waals surface area contributed by atoms with Gasteiger partial charge in [-0.05, 0) is 37.4 Å². The maximum absolute atomic E-state index is 13.2. The van der Waals surface area contributed by atoms with Gasteiger partial charge < -0.3 is 20.6 Å². The van der Waals surface area contributed by atoms with E-state index >= 15 is 0 Å². The number of amides is 2. The molecule has 0 bridgehead atoms. The lowest BCUT2D eigenvalue weighted by molar-refractivity contribution is -0.142. The van der Waals surface area contributed by atoms with E-state index in [1.165, 1.54) is 4.90 Å². The van der Waals surface area contributed by atoms with Gasteiger partial charge in [0.2, 0.25) is 11.8 Å². The summed E-state index contributed by atoms with van der Waals surface area (Å²) < 4.78 is 0. The molecule has 1 aromatic carbocycles. The number of likely N-dealkylation sites (tertiary alicyclic amines) is 1. The number of benzene rings is 1. The maximum atomic E-state index is 13.2. The van der Waals surface area contributed by atoms with E-state index in [4.69, 9.17) is 0 Å². The fourth-order valence-corrected chi connectivity index (χ4v) is 5.11. The Labute approximate surface area is 194 Å². The average molecular weight is 459 g/mol. The number of nitrogens with one attached hydrogen (secondary N) is 2. The monoisotopic (exact) mass is 458 g/mol. The van der Waals surface area contributed by atoms with Crippen LogP contribution in [-0.4, -0.2) is 58.6 Å². The zero-order valence-electron chi connectivity index (χ0n) is 19.7. The van der Waals surface area contributed by atoms with E-state index in [0.29, 0.717) is 0 Å². The number of aryl methyl sites for hydroxylation is 1. The topological polar surface area (TPSA) is 94.6 Å². The van der Waals surface area contributed by atoms with Crippen molar-refractivity contribution < 1.29 is 14.7 Å². The molecule has 4 atom stereocenters. The number of aliphatic hydroxyl groups excluding tert-OH is 1. The average Bonchev–Trinajstić information content (AvgIpc) is 3.33. The Balaban J connectivity index is 1.70. The van der Waals surface area contributed by atoms with Crippen molar-refractivity contribution in [3.63, 3.8) is 0 Å². The third-order valence-corrected chi connectivity index (χ3v) is 7.02. The second-order valence-corrected chi connectivity index (χ2v) is 10.5. The Kier molecular flexibility index (Phi) is 7.37. The van der Waals surface area contributed by atoms with E-state index in [-0.39, 0.29) is 36.2 Å². The van der Waals surface area contributed by atoms with Gasteiger partial charge in [0.25, 0.3) is 0 Å². The minimum absolute atomic E-state index is 0.159. The van der Waals surface area contributed by atoms with Crippen LogP contribution in [0.25, 0.3) is 10.4 Å². The molecule has 1 aliphatic heterocycles. The number of carbonyl (C=O) groups is 2. The second kappa shape index (κ2) is 9.68. The number of thiazole rings is 1. The van der Waals surface area contributed by atoms with E-state index in [2.05, 4.69) is 15.6 Å². The highest BCUT2D eigenvalue weighted by Crippen LogP contribution is 2.29. The second-order valence-electron chi connectivity index (χ2n) is 9.60. The van der Waals surface area contributed by atoms with Crippen molar-refractivity contribution in [3.8, 4) is 10.4 Å². The van der Waals surface area contributed by atoms with Gasteiger partial charge >= 0.3 is 0 Å². The van der Waals surface area contributed by atoms with Crippen molar-refractivity contribution in [1.82, 2.24) is 20.5 Å². The van der Waals surface area contributed by atoms with Gasteiger partial charge in [-0.2, -0.15) is 0 Å². The smallest absolute Gasteiger partial charge is 0.243 e. The van der Waals surface area contributed by atoms with E-state index in [9.17, 15) is 14.7 Å². The van der Waals surface area contributed by atoms with Crippen LogP contribution in [-0.2, 0) is 9.59 Å². The van der Waals surface area contributed by atoms with E-state index in [0.717, 1.165) is 21.7 Å². The summed E-state index contributed by atoms with van der Waals surface area (Å²) in [6.07, 6.45) is -0.460. The van der Waals surface area contributed by atoms with Crippen LogP contribution in [0.15, 0.2) is 29.8 Å². The number of hydrogen-bond acceptors (Lipinski definition) is 6. The van der Waals surface area contributed by atoms with Gasteiger partial charge in [-0.1, -0.05) is 45.0 Å². The highest BCUT2D eigenvalue weighted by atomic mass is 32.1. The van der Waals surface area contributed by atoms with Crippen molar-refractivity contribution in [2.75, 3.05) is 13.6 Å². The molecule has 8 heteroatoms. The van der Waals surface area contributed by atoms with Crippen LogP contribution in [0.1, 0.15) is 51.4 Å². The summed E-state index contributed by atoms with van der Waals surface area (Å²) in [5.74, 6) is -0.401. The number of carbonyl (C=O) groups excluding carboxylic acids is 2. The van der Waals surface area contributed by atoms with Crippen molar-refractivity contribution >= 4 is 23.2 Å². The molecule has 32 heavy (non-hydrogen) atoms. The summed E-state index contributed by atoms with van der Waals surface area (Å²) >= 11 is 1.61. The molecule has 4 unspecified atom stereocenters. The Morgan fingerprint density at radius 1 is 1.25 bits per heavy atom. The van der Waals surface area contributed by atoms with Crippen LogP contribution in [0.4, 0.5) is 0 Å². The zero-order valence-corrected chi connectivity index (χ0v) is 20.5. The molecule has 0 saturated carbocycles. The van der Waals surface area contributed by atoms with E-state index in [1.807, 2.05) is 64.4 Å². The van der Waals surface area contributed by atoms with Gasteiger partial charge in [0.15, 0.2) is 0 Å². The van der Waals surface area contributed by atoms with Crippen LogP contribution in [0, 0.1) is 12.3 Å². The number of rotatable bonds is 6. The third-order valence-electron chi connectivity index (χ3n) is 6.04. The first-order chi connectivity index (χ1) is 15.0. The highest BCUT2D eigenvalue weighted by Gasteiger charge is 2.43. The molecule has 7 nitrogen and oxygen atoms in total. The molecular weight excluding hydrogens is 424 g/mol. The number of aliphatic hydroxyl groups is 1. The molecule has 2 heterocycles. The van der Waals surface area contributed by atoms with E-state index in [1.54, 1.807) is 18.4 Å². The molecule has 3 rings (SSSR count). The Morgan fingerprint density at radius 3 is 2.44 bits per heavy atom. The first-order valence-electron chi connectivity index (χ1n) is 11.0. The molecular formula is C24H34N4O3S. The molecule has 1 aromatic heterocycles. The molecule has 0 aliphatic carbocycles. The molecule has 174 valence electrons. The summed E-state index contributed by atoms with van der Waals surface area (Å²) in [5.41, 5.74) is 4.60. The summed E-state index contributed by atoms with van der Waals surface area (Å²) in [7, 11) is 1.74. The Hall–Kier alpha value is -2.29. The number of likely N-dealkylation sites (N-methyl/N-ethyl adjacent to an activating group) is 1. The molecule has 2 amide bonds. The first kappa shape index (κ1) is 24.4. The van der Waals surface area contributed by atoms with Crippen LogP contribution < -0.4 is 10.6 Å². The largest absolute Gasteiger partial charge is 0.391 e. The molecule has 0 spiro atoms. The lowest BCUT2D eigenvalue weighted by Gasteiger charge is -2.34. The van der Waals surface area contributed by atoms with Gasteiger partial charge in [-0.15, -0.1) is 11.3 Å². The summed E-state index contributed by atoms with van der Waals surface area (Å²) in [4.78, 5) is 33.3. The van der Waals surface area contributed by atoms with Gasteiger partial charge in [-0.25, -0.2) is 4.98 Å². The third kappa shape index (κ3) is 5.19. The quantitative estimate of drug-likeness (QED) is 0.619. The predicted molar refractivity (Wildman–Crippen MR) is 127 cm³/mol. The summed E-state index contributed by atoms with van der Waals surface area (Å²) in [5, 5.41) is 16.3. The highest BCUT2D eigenvalue weighted by molar-refractivity contribution is 7.13. The number of aromatic nitrogens is 1. The lowest BCUT2D eigenvalue weighted by Crippen LogP contribution is -2.56. The SMILES string of the molecule is CNC(C(=O)N1CC(O)CC1C(=O)NC(C)c1ccc(-c2scnc2C)cc1)C(C)(C)C. The fourth-order valence-electron chi connectivity index (χ4n) is 4.29. The van der Waals surface area contributed by atoms with Gasteiger partial charge in [0.1, 0.15) is 6.04 Å². The maximum Gasteiger partial charge on any atom is 0.243 e.